The predicted octanol–water partition coefficient (Wildman–Crippen LogP) is 10.3. The second-order valence-corrected chi connectivity index (χ2v) is 13.9. The zero-order valence-corrected chi connectivity index (χ0v) is 40.8. The molecule has 0 saturated carbocycles. The maximum atomic E-state index is 12.8. The van der Waals surface area contributed by atoms with Crippen molar-refractivity contribution in [1.82, 2.24) is 15.2 Å². The molecule has 0 radical (unpaired) electrons. The second kappa shape index (κ2) is 36.7. The van der Waals surface area contributed by atoms with E-state index in [2.05, 4.69) is 28.7 Å². The summed E-state index contributed by atoms with van der Waals surface area (Å²) in [4.78, 5) is 87.1. The summed E-state index contributed by atoms with van der Waals surface area (Å²) < 4.78 is 168. The standard InChI is InChI=1S/C8H6F4O.2C7H4F4O.C7H7NO3.C6H9NO3.C5H7NO3.C5H5NO3.4CH4/c1-3-4(9)6(11)8(13-2)7(12)5(3)10;2*1-12-7-5(10)3(8)2-4(9)6(7)11;1-11-7-4-2-6(3-5-7)8(9)10;1-4-3-5(8)7(10-2)6(4)9;2*1-9-6-4(7)2-3-5(6)8;;;;/h1-2H3;2*2H,1H3;2-5H,1H3;4H,3H2,1-2H3;2-3H2,1H3;2-3H,1H3;4*1H4. The van der Waals surface area contributed by atoms with Gasteiger partial charge in [-0.25, -0.2) is 26.3 Å². The van der Waals surface area contributed by atoms with Gasteiger partial charge in [0.25, 0.3) is 41.1 Å². The minimum absolute atomic E-state index is 0. The Balaban J connectivity index is -0.000000419. The first-order valence-corrected chi connectivity index (χ1v) is 20.4. The molecular weight excluding hydrogens is 1110 g/mol. The van der Waals surface area contributed by atoms with E-state index >= 15 is 0 Å². The van der Waals surface area contributed by atoms with E-state index in [0.29, 0.717) is 10.8 Å². The molecule has 3 heterocycles. The lowest BCUT2D eigenvalue weighted by molar-refractivity contribution is -0.384. The van der Waals surface area contributed by atoms with E-state index in [0.717, 1.165) is 50.5 Å². The summed E-state index contributed by atoms with van der Waals surface area (Å²) in [6, 6.07) is 6.15. The fourth-order valence-corrected chi connectivity index (χ4v) is 5.34. The van der Waals surface area contributed by atoms with Crippen molar-refractivity contribution in [2.75, 3.05) is 49.8 Å². The van der Waals surface area contributed by atoms with Crippen molar-refractivity contribution in [3.05, 3.63) is 134 Å². The van der Waals surface area contributed by atoms with Crippen molar-refractivity contribution in [3.8, 4) is 23.0 Å². The zero-order chi connectivity index (χ0) is 58.5. The molecule has 4 aromatic rings. The molecular formula is C49H58F12N4O15. The van der Waals surface area contributed by atoms with E-state index < -0.39 is 109 Å². The summed E-state index contributed by atoms with van der Waals surface area (Å²) in [6.07, 6.45) is 3.16. The van der Waals surface area contributed by atoms with E-state index in [1.807, 2.05) is 0 Å². The van der Waals surface area contributed by atoms with E-state index in [-0.39, 0.29) is 96.3 Å². The Labute approximate surface area is 451 Å². The van der Waals surface area contributed by atoms with Gasteiger partial charge < -0.3 is 18.9 Å². The lowest BCUT2D eigenvalue weighted by Gasteiger charge is -2.08. The molecule has 19 nitrogen and oxygen atoms in total. The van der Waals surface area contributed by atoms with E-state index in [1.165, 1.54) is 40.6 Å². The predicted molar refractivity (Wildman–Crippen MR) is 259 cm³/mol. The Morgan fingerprint density at radius 3 is 1.02 bits per heavy atom. The Morgan fingerprint density at radius 2 is 0.800 bits per heavy atom. The summed E-state index contributed by atoms with van der Waals surface area (Å²) in [6.45, 7) is 2.65. The van der Waals surface area contributed by atoms with Crippen LogP contribution in [0.1, 0.15) is 61.5 Å². The molecule has 31 heteroatoms. The summed E-state index contributed by atoms with van der Waals surface area (Å²) in [5.74, 6) is -22.5. The van der Waals surface area contributed by atoms with Crippen LogP contribution in [0.3, 0.4) is 0 Å². The van der Waals surface area contributed by atoms with Crippen molar-refractivity contribution >= 4 is 41.1 Å². The molecule has 3 aliphatic rings. The van der Waals surface area contributed by atoms with Crippen LogP contribution in [0.25, 0.3) is 0 Å². The molecule has 2 fully saturated rings. The molecule has 6 amide bonds. The van der Waals surface area contributed by atoms with Crippen LogP contribution in [0, 0.1) is 92.8 Å². The summed E-state index contributed by atoms with van der Waals surface area (Å²) in [5, 5.41) is 12.4. The highest BCUT2D eigenvalue weighted by Gasteiger charge is 2.36. The number of nitro groups is 1. The summed E-state index contributed by atoms with van der Waals surface area (Å²) >= 11 is 0. The third kappa shape index (κ3) is 20.8. The average Bonchev–Trinajstić information content (AvgIpc) is 4.00. The fraction of sp³-hybridized carbons (Fsp3) is 0.347. The number of nitrogens with zero attached hydrogens (tertiary/aromatic N) is 4. The number of nitro benzene ring substituents is 1. The number of imide groups is 3. The van der Waals surface area contributed by atoms with Crippen LogP contribution < -0.4 is 18.9 Å². The highest BCUT2D eigenvalue weighted by molar-refractivity contribution is 6.11. The van der Waals surface area contributed by atoms with Crippen LogP contribution in [0.15, 0.2) is 48.6 Å². The van der Waals surface area contributed by atoms with Gasteiger partial charge in [0.1, 0.15) is 5.75 Å². The maximum absolute atomic E-state index is 12.8. The number of benzene rings is 4. The number of ether oxygens (including phenoxy) is 4. The van der Waals surface area contributed by atoms with Crippen LogP contribution in [0.4, 0.5) is 58.4 Å². The molecule has 80 heavy (non-hydrogen) atoms. The summed E-state index contributed by atoms with van der Waals surface area (Å²) in [5.41, 5.74) is -0.624. The molecule has 0 N–H and O–H groups in total. The number of non-ortho nitro benzene ring substituents is 1. The van der Waals surface area contributed by atoms with Crippen molar-refractivity contribution < 1.29 is 120 Å². The van der Waals surface area contributed by atoms with E-state index in [9.17, 15) is 91.6 Å². The minimum atomic E-state index is -1.53. The highest BCUT2D eigenvalue weighted by atomic mass is 19.2. The normalized spacial score (nSPS) is 13.4. The van der Waals surface area contributed by atoms with E-state index in [1.54, 1.807) is 19.1 Å². The lowest BCUT2D eigenvalue weighted by Crippen LogP contribution is -2.28. The first kappa shape index (κ1) is 78.2. The number of amides is 6. The van der Waals surface area contributed by atoms with Gasteiger partial charge in [0.15, 0.2) is 52.2 Å². The van der Waals surface area contributed by atoms with E-state index in [4.69, 9.17) is 4.74 Å². The first-order valence-electron chi connectivity index (χ1n) is 20.4. The highest BCUT2D eigenvalue weighted by Crippen LogP contribution is 2.30. The minimum Gasteiger partial charge on any atom is -0.497 e. The molecule has 0 aliphatic carbocycles. The third-order valence-electron chi connectivity index (χ3n) is 9.13. The number of halogens is 12. The number of methoxy groups -OCH3 is 4. The summed E-state index contributed by atoms with van der Waals surface area (Å²) in [7, 11) is 8.16. The van der Waals surface area contributed by atoms with Gasteiger partial charge in [0.2, 0.25) is 34.9 Å². The van der Waals surface area contributed by atoms with Gasteiger partial charge >= 0.3 is 0 Å². The van der Waals surface area contributed by atoms with Gasteiger partial charge in [0.05, 0.1) is 54.7 Å². The number of hydrogen-bond acceptors (Lipinski definition) is 15. The molecule has 7 rings (SSSR count). The largest absolute Gasteiger partial charge is 0.497 e. The molecule has 1 atom stereocenters. The van der Waals surface area contributed by atoms with Gasteiger partial charge in [0, 0.05) is 67.2 Å². The fourth-order valence-electron chi connectivity index (χ4n) is 5.34. The Morgan fingerprint density at radius 1 is 0.475 bits per heavy atom. The molecule has 3 aliphatic heterocycles. The number of hydrogen-bond donors (Lipinski definition) is 0. The number of rotatable bonds is 8. The van der Waals surface area contributed by atoms with Crippen molar-refractivity contribution in [1.29, 1.82) is 0 Å². The quantitative estimate of drug-likeness (QED) is 0.0527. The number of carbonyl (C=O) groups excluding carboxylic acids is 6. The topological polar surface area (TPSA) is 220 Å². The molecule has 4 aromatic carbocycles. The van der Waals surface area contributed by atoms with Crippen molar-refractivity contribution in [2.24, 2.45) is 5.92 Å². The maximum Gasteiger partial charge on any atom is 0.277 e. The molecule has 1 unspecified atom stereocenters. The van der Waals surface area contributed by atoms with Gasteiger partial charge in [-0.3, -0.25) is 53.4 Å². The van der Waals surface area contributed by atoms with Crippen LogP contribution in [0.5, 0.6) is 23.0 Å². The van der Waals surface area contributed by atoms with Crippen LogP contribution in [0.2, 0.25) is 0 Å². The van der Waals surface area contributed by atoms with Gasteiger partial charge in [-0.1, -0.05) is 36.6 Å². The average molecular weight is 1170 g/mol. The number of hydroxylamine groups is 6. The van der Waals surface area contributed by atoms with Gasteiger partial charge in [-0.2, -0.15) is 36.5 Å². The van der Waals surface area contributed by atoms with Crippen LogP contribution in [-0.2, 0) is 43.3 Å². The van der Waals surface area contributed by atoms with Crippen LogP contribution >= 0.6 is 0 Å². The SMILES string of the molecule is C.C.C.C.CON1C(=O)C=CC1=O.CON1C(=O)CC(C)C1=O.CON1C(=O)CCC1=O.COc1c(F)c(F)c(C)c(F)c1F.COc1c(F)c(F)cc(F)c1F.COc1c(F)c(F)cc(F)c1F.COc1ccc([N+](=O)[O-])cc1. The number of carbonyl (C=O) groups is 6. The lowest BCUT2D eigenvalue weighted by atomic mass is 10.1. The van der Waals surface area contributed by atoms with Gasteiger partial charge in [-0.15, -0.1) is 5.06 Å². The molecule has 0 aromatic heterocycles. The van der Waals surface area contributed by atoms with Crippen LogP contribution in [-0.4, -0.2) is 105 Å². The smallest absolute Gasteiger partial charge is 0.277 e. The van der Waals surface area contributed by atoms with Crippen molar-refractivity contribution in [2.45, 2.75) is 62.8 Å². The Bertz CT molecular complexity index is 2610. The van der Waals surface area contributed by atoms with Crippen molar-refractivity contribution in [3.63, 3.8) is 0 Å². The molecule has 2 saturated heterocycles. The first-order chi connectivity index (χ1) is 35.6. The molecule has 0 bridgehead atoms. The Hall–Kier alpha value is -8.32. The van der Waals surface area contributed by atoms with Gasteiger partial charge in [-0.05, 0) is 19.1 Å². The molecule has 448 valence electrons. The zero-order valence-electron chi connectivity index (χ0n) is 40.8. The molecule has 0 spiro atoms. The third-order valence-corrected chi connectivity index (χ3v) is 9.13. The second-order valence-electron chi connectivity index (χ2n) is 13.9. The Kier molecular flexibility index (Phi) is 35.9. The monoisotopic (exact) mass is 1170 g/mol.